The molecular formula is C18H13NO2. The highest BCUT2D eigenvalue weighted by Gasteiger charge is 2.14. The second-order valence-electron chi connectivity index (χ2n) is 4.76. The van der Waals surface area contributed by atoms with E-state index in [0.29, 0.717) is 5.56 Å². The van der Waals surface area contributed by atoms with E-state index in [2.05, 4.69) is 0 Å². The molecule has 3 aromatic rings. The van der Waals surface area contributed by atoms with Gasteiger partial charge in [0.2, 0.25) is 0 Å². The summed E-state index contributed by atoms with van der Waals surface area (Å²) in [6, 6.07) is 22.7. The minimum absolute atomic E-state index is 0.104. The Labute approximate surface area is 122 Å². The maximum absolute atomic E-state index is 11.4. The first kappa shape index (κ1) is 13.1. The molecule has 0 saturated heterocycles. The summed E-state index contributed by atoms with van der Waals surface area (Å²) in [7, 11) is 0. The van der Waals surface area contributed by atoms with Gasteiger partial charge in [0.05, 0.1) is 10.5 Å². The first-order valence-electron chi connectivity index (χ1n) is 6.64. The molecule has 3 nitrogen and oxygen atoms in total. The average molecular weight is 275 g/mol. The zero-order chi connectivity index (χ0) is 14.7. The van der Waals surface area contributed by atoms with E-state index in [-0.39, 0.29) is 10.6 Å². The molecule has 0 spiro atoms. The molecule has 3 heteroatoms. The van der Waals surface area contributed by atoms with Gasteiger partial charge in [-0.1, -0.05) is 60.7 Å². The van der Waals surface area contributed by atoms with Crippen molar-refractivity contribution in [2.45, 2.75) is 0 Å². The lowest BCUT2D eigenvalue weighted by molar-refractivity contribution is -0.374. The van der Waals surface area contributed by atoms with Gasteiger partial charge in [-0.25, -0.2) is 0 Å². The van der Waals surface area contributed by atoms with Crippen LogP contribution < -0.4 is 0 Å². The number of hydrogen-bond acceptors (Lipinski definition) is 2. The molecule has 0 amide bonds. The van der Waals surface area contributed by atoms with Crippen LogP contribution in [0.1, 0.15) is 11.1 Å². The summed E-state index contributed by atoms with van der Waals surface area (Å²) in [5, 5.41) is 13.4. The van der Waals surface area contributed by atoms with Crippen LogP contribution in [0.2, 0.25) is 0 Å². The smallest absolute Gasteiger partial charge is 0.258 e. The maximum atomic E-state index is 11.4. The van der Waals surface area contributed by atoms with Gasteiger partial charge >= 0.3 is 0 Å². The molecule has 0 saturated carbocycles. The van der Waals surface area contributed by atoms with Crippen molar-refractivity contribution in [2.24, 2.45) is 0 Å². The Bertz CT molecular complexity index is 823. The van der Waals surface area contributed by atoms with Gasteiger partial charge in [0.25, 0.3) is 5.70 Å². The molecule has 3 aromatic carbocycles. The van der Waals surface area contributed by atoms with Gasteiger partial charge in [-0.2, -0.15) is 0 Å². The fourth-order valence-electron chi connectivity index (χ4n) is 2.30. The van der Waals surface area contributed by atoms with Crippen LogP contribution in [0.5, 0.6) is 0 Å². The molecule has 0 fully saturated rings. The molecule has 0 aromatic heterocycles. The molecular weight excluding hydrogens is 262 g/mol. The number of nitrogens with zero attached hydrogens (tertiary/aromatic N) is 1. The maximum Gasteiger partial charge on any atom is 0.277 e. The van der Waals surface area contributed by atoms with Crippen molar-refractivity contribution in [3.63, 3.8) is 0 Å². The Morgan fingerprint density at radius 3 is 2.24 bits per heavy atom. The lowest BCUT2D eigenvalue weighted by Gasteiger charge is -2.02. The third kappa shape index (κ3) is 2.82. The third-order valence-electron chi connectivity index (χ3n) is 3.34. The van der Waals surface area contributed by atoms with Crippen molar-refractivity contribution >= 4 is 22.5 Å². The number of nitro groups is 1. The highest BCUT2D eigenvalue weighted by molar-refractivity contribution is 5.87. The summed E-state index contributed by atoms with van der Waals surface area (Å²) in [6.45, 7) is 0. The lowest BCUT2D eigenvalue weighted by atomic mass is 10.0. The highest BCUT2D eigenvalue weighted by Crippen LogP contribution is 2.23. The molecule has 0 N–H and O–H groups in total. The summed E-state index contributed by atoms with van der Waals surface area (Å²) < 4.78 is 0. The normalized spacial score (nSPS) is 11.5. The van der Waals surface area contributed by atoms with Gasteiger partial charge in [0.15, 0.2) is 0 Å². The molecule has 21 heavy (non-hydrogen) atoms. The zero-order valence-electron chi connectivity index (χ0n) is 11.3. The quantitative estimate of drug-likeness (QED) is 0.398. The largest absolute Gasteiger partial charge is 0.277 e. The Hall–Kier alpha value is -2.94. The number of hydrogen-bond donors (Lipinski definition) is 0. The summed E-state index contributed by atoms with van der Waals surface area (Å²) in [5.74, 6) is 0. The molecule has 0 unspecified atom stereocenters. The SMILES string of the molecule is O=[N+]([O-])/C(=C/c1ccccc1)c1ccc2ccccc2c1. The van der Waals surface area contributed by atoms with E-state index < -0.39 is 0 Å². The summed E-state index contributed by atoms with van der Waals surface area (Å²) in [6.07, 6.45) is 1.60. The highest BCUT2D eigenvalue weighted by atomic mass is 16.6. The fourth-order valence-corrected chi connectivity index (χ4v) is 2.30. The van der Waals surface area contributed by atoms with E-state index in [4.69, 9.17) is 0 Å². The molecule has 102 valence electrons. The minimum Gasteiger partial charge on any atom is -0.258 e. The lowest BCUT2D eigenvalue weighted by Crippen LogP contribution is -1.97. The topological polar surface area (TPSA) is 43.1 Å². The first-order valence-corrected chi connectivity index (χ1v) is 6.64. The van der Waals surface area contributed by atoms with E-state index in [1.165, 1.54) is 0 Å². The molecule has 0 aliphatic rings. The first-order chi connectivity index (χ1) is 10.2. The van der Waals surface area contributed by atoms with Crippen LogP contribution in [-0.4, -0.2) is 4.92 Å². The van der Waals surface area contributed by atoms with E-state index >= 15 is 0 Å². The summed E-state index contributed by atoms with van der Waals surface area (Å²) in [4.78, 5) is 11.0. The number of benzene rings is 3. The Kier molecular flexibility index (Phi) is 3.48. The second kappa shape index (κ2) is 5.59. The fraction of sp³-hybridized carbons (Fsp3) is 0. The molecule has 0 radical (unpaired) electrons. The average Bonchev–Trinajstić information content (AvgIpc) is 2.53. The van der Waals surface area contributed by atoms with Gasteiger partial charge in [-0.05, 0) is 28.5 Å². The van der Waals surface area contributed by atoms with Gasteiger partial charge < -0.3 is 0 Å². The van der Waals surface area contributed by atoms with Crippen LogP contribution in [0.15, 0.2) is 72.8 Å². The van der Waals surface area contributed by atoms with Crippen LogP contribution in [0.4, 0.5) is 0 Å². The van der Waals surface area contributed by atoms with Crippen molar-refractivity contribution in [1.82, 2.24) is 0 Å². The van der Waals surface area contributed by atoms with Gasteiger partial charge in [-0.3, -0.25) is 10.1 Å². The third-order valence-corrected chi connectivity index (χ3v) is 3.34. The minimum atomic E-state index is -0.336. The molecule has 0 heterocycles. The van der Waals surface area contributed by atoms with Crippen molar-refractivity contribution in [3.8, 4) is 0 Å². The van der Waals surface area contributed by atoms with Gasteiger partial charge in [0, 0.05) is 6.08 Å². The van der Waals surface area contributed by atoms with Crippen molar-refractivity contribution in [2.75, 3.05) is 0 Å². The van der Waals surface area contributed by atoms with Crippen LogP contribution in [0.25, 0.3) is 22.5 Å². The predicted octanol–water partition coefficient (Wildman–Crippen LogP) is 4.61. The molecule has 0 bridgehead atoms. The standard InChI is InChI=1S/C18H13NO2/c20-19(21)18(12-14-6-2-1-3-7-14)17-11-10-15-8-4-5-9-16(15)13-17/h1-13H/b18-12+. The van der Waals surface area contributed by atoms with E-state index in [1.807, 2.05) is 66.7 Å². The van der Waals surface area contributed by atoms with Crippen molar-refractivity contribution < 1.29 is 4.92 Å². The van der Waals surface area contributed by atoms with Gasteiger partial charge in [-0.15, -0.1) is 0 Å². The number of fused-ring (bicyclic) bond motifs is 1. The monoisotopic (exact) mass is 275 g/mol. The number of rotatable bonds is 3. The van der Waals surface area contributed by atoms with Crippen LogP contribution >= 0.6 is 0 Å². The molecule has 0 aliphatic heterocycles. The Balaban J connectivity index is 2.11. The van der Waals surface area contributed by atoms with Crippen molar-refractivity contribution in [1.29, 1.82) is 0 Å². The van der Waals surface area contributed by atoms with Crippen molar-refractivity contribution in [3.05, 3.63) is 94.0 Å². The molecule has 3 rings (SSSR count). The van der Waals surface area contributed by atoms with E-state index in [1.54, 1.807) is 12.1 Å². The summed E-state index contributed by atoms with van der Waals surface area (Å²) >= 11 is 0. The molecule has 0 atom stereocenters. The second-order valence-corrected chi connectivity index (χ2v) is 4.76. The molecule has 0 aliphatic carbocycles. The predicted molar refractivity (Wildman–Crippen MR) is 85.3 cm³/mol. The van der Waals surface area contributed by atoms with Crippen LogP contribution in [0.3, 0.4) is 0 Å². The van der Waals surface area contributed by atoms with E-state index in [9.17, 15) is 10.1 Å². The van der Waals surface area contributed by atoms with Gasteiger partial charge in [0.1, 0.15) is 0 Å². The van der Waals surface area contributed by atoms with Crippen LogP contribution in [-0.2, 0) is 0 Å². The Morgan fingerprint density at radius 1 is 0.857 bits per heavy atom. The zero-order valence-corrected chi connectivity index (χ0v) is 11.3. The Morgan fingerprint density at radius 2 is 1.52 bits per heavy atom. The van der Waals surface area contributed by atoms with E-state index in [0.717, 1.165) is 16.3 Å². The van der Waals surface area contributed by atoms with Crippen LogP contribution in [0, 0.1) is 10.1 Å². The summed E-state index contributed by atoms with van der Waals surface area (Å²) in [5.41, 5.74) is 1.53.